The van der Waals surface area contributed by atoms with Gasteiger partial charge in [0.2, 0.25) is 0 Å². The monoisotopic (exact) mass is 446 g/mol. The van der Waals surface area contributed by atoms with Gasteiger partial charge in [0.25, 0.3) is 0 Å². The fourth-order valence-corrected chi connectivity index (χ4v) is 8.09. The molecule has 0 atom stereocenters. The Morgan fingerprint density at radius 2 is 1.38 bits per heavy atom. The number of hydrogen-bond acceptors (Lipinski definition) is 0. The first-order valence-corrected chi connectivity index (χ1v) is 14.2. The summed E-state index contributed by atoms with van der Waals surface area (Å²) in [6, 6.07) is 0. The van der Waals surface area contributed by atoms with Crippen molar-refractivity contribution >= 4 is 27.6 Å². The van der Waals surface area contributed by atoms with E-state index in [0.717, 1.165) is 18.3 Å². The van der Waals surface area contributed by atoms with Gasteiger partial charge in [-0.25, -0.2) is 0 Å². The molecule has 0 N–H and O–H groups in total. The molecule has 0 aromatic rings. The van der Waals surface area contributed by atoms with Crippen molar-refractivity contribution in [2.75, 3.05) is 0 Å². The van der Waals surface area contributed by atoms with Crippen LogP contribution in [-0.4, -0.2) is 27.6 Å². The van der Waals surface area contributed by atoms with Crippen LogP contribution in [0.4, 0.5) is 0 Å². The molecule has 0 spiro atoms. The summed E-state index contributed by atoms with van der Waals surface area (Å²) in [5, 5.41) is 0. The van der Waals surface area contributed by atoms with E-state index < -0.39 is 0 Å². The second-order valence-corrected chi connectivity index (χ2v) is 11.1. The molecule has 24 heavy (non-hydrogen) atoms. The fraction of sp³-hybridized carbons (Fsp3) is 0.909. The van der Waals surface area contributed by atoms with Crippen molar-refractivity contribution < 1.29 is 0 Å². The first-order chi connectivity index (χ1) is 11.9. The number of rotatable bonds is 10. The van der Waals surface area contributed by atoms with Gasteiger partial charge in [0.05, 0.1) is 0 Å². The van der Waals surface area contributed by atoms with Gasteiger partial charge in [-0.05, 0) is 0 Å². The van der Waals surface area contributed by atoms with Crippen molar-refractivity contribution in [1.29, 1.82) is 0 Å². The zero-order chi connectivity index (χ0) is 17.0. The summed E-state index contributed by atoms with van der Waals surface area (Å²) in [5.41, 5.74) is 1.97. The van der Waals surface area contributed by atoms with E-state index in [1.807, 2.05) is 5.47 Å². The van der Waals surface area contributed by atoms with Crippen LogP contribution in [0, 0.1) is 0 Å². The molecule has 2 aliphatic carbocycles. The van der Waals surface area contributed by atoms with Gasteiger partial charge in [-0.2, -0.15) is 0 Å². The van der Waals surface area contributed by atoms with E-state index in [1.54, 1.807) is 30.2 Å². The van der Waals surface area contributed by atoms with Crippen LogP contribution >= 0.6 is 0 Å². The second-order valence-electron chi connectivity index (χ2n) is 8.34. The molecule has 2 saturated carbocycles. The maximum atomic E-state index is 2.87. The van der Waals surface area contributed by atoms with Crippen LogP contribution in [0.5, 0.6) is 0 Å². The third kappa shape index (κ3) is 7.07. The van der Waals surface area contributed by atoms with Gasteiger partial charge in [0, 0.05) is 0 Å². The SMILES string of the molecule is CCCC[Te]/C=C(\CCCC)B(C1CCCCC1)C1CCCCC1. The molecule has 0 amide bonds. The summed E-state index contributed by atoms with van der Waals surface area (Å²) >= 11 is 0.132. The van der Waals surface area contributed by atoms with Crippen molar-refractivity contribution in [2.45, 2.75) is 126 Å². The molecule has 0 aromatic carbocycles. The fourth-order valence-electron chi connectivity index (χ4n) is 5.06. The molecule has 0 aliphatic heterocycles. The van der Waals surface area contributed by atoms with Crippen LogP contribution in [0.1, 0.15) is 110 Å². The Morgan fingerprint density at radius 3 is 1.88 bits per heavy atom. The van der Waals surface area contributed by atoms with Crippen molar-refractivity contribution in [2.24, 2.45) is 0 Å². The van der Waals surface area contributed by atoms with Gasteiger partial charge in [0.15, 0.2) is 0 Å². The van der Waals surface area contributed by atoms with E-state index in [0.29, 0.717) is 0 Å². The predicted octanol–water partition coefficient (Wildman–Crippen LogP) is 7.69. The minimum atomic E-state index is 0.132. The molecular weight excluding hydrogens is 403 g/mol. The van der Waals surface area contributed by atoms with Crippen LogP contribution < -0.4 is 0 Å². The van der Waals surface area contributed by atoms with Gasteiger partial charge < -0.3 is 0 Å². The minimum absolute atomic E-state index is 0.132. The molecule has 0 saturated heterocycles. The van der Waals surface area contributed by atoms with Gasteiger partial charge in [-0.15, -0.1) is 0 Å². The van der Waals surface area contributed by atoms with E-state index in [-0.39, 0.29) is 20.9 Å². The molecular formula is C22H41BTe. The topological polar surface area (TPSA) is 0 Å². The van der Waals surface area contributed by atoms with Gasteiger partial charge in [-0.3, -0.25) is 0 Å². The van der Waals surface area contributed by atoms with Crippen LogP contribution in [0.3, 0.4) is 0 Å². The predicted molar refractivity (Wildman–Crippen MR) is 113 cm³/mol. The molecule has 0 bridgehead atoms. The second kappa shape index (κ2) is 12.9. The molecule has 0 unspecified atom stereocenters. The van der Waals surface area contributed by atoms with E-state index in [4.69, 9.17) is 0 Å². The van der Waals surface area contributed by atoms with Crippen LogP contribution in [0.15, 0.2) is 9.60 Å². The van der Waals surface area contributed by atoms with Gasteiger partial charge >= 0.3 is 163 Å². The molecule has 2 heteroatoms. The summed E-state index contributed by atoms with van der Waals surface area (Å²) in [7, 11) is 0. The van der Waals surface area contributed by atoms with E-state index in [2.05, 4.69) is 18.0 Å². The average molecular weight is 444 g/mol. The number of allylic oxidation sites excluding steroid dienone is 1. The Morgan fingerprint density at radius 1 is 0.833 bits per heavy atom. The van der Waals surface area contributed by atoms with Gasteiger partial charge in [0.1, 0.15) is 0 Å². The summed E-state index contributed by atoms with van der Waals surface area (Å²) in [6.07, 6.45) is 22.3. The maximum absolute atomic E-state index is 2.87. The zero-order valence-corrected chi connectivity index (χ0v) is 18.9. The summed E-state index contributed by atoms with van der Waals surface area (Å²) in [4.78, 5) is 0. The molecule has 0 heterocycles. The molecule has 2 rings (SSSR count). The quantitative estimate of drug-likeness (QED) is 0.240. The normalized spacial score (nSPS) is 21.2. The third-order valence-electron chi connectivity index (χ3n) is 6.41. The number of hydrogen-bond donors (Lipinski definition) is 0. The Hall–Kier alpha value is 0.595. The summed E-state index contributed by atoms with van der Waals surface area (Å²) in [5.74, 6) is 2.09. The molecule has 0 radical (unpaired) electrons. The standard InChI is InChI=1S/C22H41BTe/c1-3-5-13-22(19-24-18-6-4-2)23(20-14-9-7-10-15-20)21-16-11-8-12-17-21/h19-21H,3-18H2,1-2H3/b22-19+. The van der Waals surface area contributed by atoms with Gasteiger partial charge in [-0.1, -0.05) is 0 Å². The zero-order valence-electron chi connectivity index (χ0n) is 16.5. The summed E-state index contributed by atoms with van der Waals surface area (Å²) < 4.78 is 4.41. The van der Waals surface area contributed by atoms with Crippen molar-refractivity contribution in [3.05, 3.63) is 9.60 Å². The Labute approximate surface area is 163 Å². The Bertz CT molecular complexity index is 322. The van der Waals surface area contributed by atoms with Crippen molar-refractivity contribution in [3.8, 4) is 0 Å². The van der Waals surface area contributed by atoms with Crippen LogP contribution in [0.25, 0.3) is 0 Å². The molecule has 2 aliphatic rings. The van der Waals surface area contributed by atoms with E-state index in [9.17, 15) is 0 Å². The molecule has 0 nitrogen and oxygen atoms in total. The number of unbranched alkanes of at least 4 members (excludes halogenated alkanes) is 2. The first-order valence-electron chi connectivity index (χ1n) is 11.2. The third-order valence-corrected chi connectivity index (χ3v) is 9.25. The average Bonchev–Trinajstić information content (AvgIpc) is 2.64. The van der Waals surface area contributed by atoms with E-state index >= 15 is 0 Å². The van der Waals surface area contributed by atoms with E-state index in [1.165, 1.54) is 70.6 Å². The molecule has 138 valence electrons. The summed E-state index contributed by atoms with van der Waals surface area (Å²) in [6.45, 7) is 5.72. The van der Waals surface area contributed by atoms with Crippen molar-refractivity contribution in [3.63, 3.8) is 0 Å². The Kier molecular flexibility index (Phi) is 11.2. The molecule has 0 aromatic heterocycles. The van der Waals surface area contributed by atoms with Crippen LogP contribution in [0.2, 0.25) is 16.1 Å². The van der Waals surface area contributed by atoms with Crippen molar-refractivity contribution in [1.82, 2.24) is 0 Å². The molecule has 2 fully saturated rings. The Balaban J connectivity index is 2.10. The van der Waals surface area contributed by atoms with Crippen LogP contribution in [-0.2, 0) is 0 Å². The first kappa shape index (κ1) is 20.9.